The van der Waals surface area contributed by atoms with Crippen LogP contribution < -0.4 is 4.31 Å². The SMILES string of the molecule is COC(=O)c1ccc(S(=O)(=O)N2CCCn3nccc32)cc1F. The molecule has 0 saturated carbocycles. The average molecular weight is 339 g/mol. The zero-order chi connectivity index (χ0) is 16.6. The molecule has 0 radical (unpaired) electrons. The van der Waals surface area contributed by atoms with Crippen LogP contribution in [-0.2, 0) is 21.3 Å². The van der Waals surface area contributed by atoms with E-state index in [1.807, 2.05) is 0 Å². The normalized spacial score (nSPS) is 14.4. The Morgan fingerprint density at radius 3 is 2.78 bits per heavy atom. The van der Waals surface area contributed by atoms with Gasteiger partial charge in [-0.1, -0.05) is 0 Å². The molecule has 0 amide bonds. The molecule has 0 atom stereocenters. The fraction of sp³-hybridized carbons (Fsp3) is 0.286. The lowest BCUT2D eigenvalue weighted by molar-refractivity contribution is 0.0595. The van der Waals surface area contributed by atoms with E-state index in [-0.39, 0.29) is 17.0 Å². The second kappa shape index (κ2) is 5.65. The van der Waals surface area contributed by atoms with Gasteiger partial charge in [0.05, 0.1) is 23.8 Å². The molecule has 1 aromatic heterocycles. The molecule has 23 heavy (non-hydrogen) atoms. The number of sulfonamides is 1. The zero-order valence-electron chi connectivity index (χ0n) is 12.3. The quantitative estimate of drug-likeness (QED) is 0.790. The lowest BCUT2D eigenvalue weighted by Crippen LogP contribution is -2.37. The molecule has 9 heteroatoms. The Bertz CT molecular complexity index is 863. The van der Waals surface area contributed by atoms with Crippen molar-refractivity contribution >= 4 is 21.8 Å². The van der Waals surface area contributed by atoms with Crippen LogP contribution in [0.1, 0.15) is 16.8 Å². The van der Waals surface area contributed by atoms with Crippen molar-refractivity contribution in [1.29, 1.82) is 0 Å². The summed E-state index contributed by atoms with van der Waals surface area (Å²) in [6.07, 6.45) is 2.13. The molecule has 0 aliphatic carbocycles. The summed E-state index contributed by atoms with van der Waals surface area (Å²) in [4.78, 5) is 11.2. The summed E-state index contributed by atoms with van der Waals surface area (Å²) >= 11 is 0. The summed E-state index contributed by atoms with van der Waals surface area (Å²) < 4.78 is 46.7. The highest BCUT2D eigenvalue weighted by Gasteiger charge is 2.30. The molecule has 2 aromatic rings. The number of hydrogen-bond donors (Lipinski definition) is 0. The number of aromatic nitrogens is 2. The van der Waals surface area contributed by atoms with Crippen LogP contribution in [0.25, 0.3) is 0 Å². The Morgan fingerprint density at radius 2 is 2.09 bits per heavy atom. The third-order valence-electron chi connectivity index (χ3n) is 3.61. The van der Waals surface area contributed by atoms with Crippen LogP contribution in [0.4, 0.5) is 10.2 Å². The van der Waals surface area contributed by atoms with Crippen LogP contribution >= 0.6 is 0 Å². The van der Waals surface area contributed by atoms with Crippen molar-refractivity contribution in [3.63, 3.8) is 0 Å². The monoisotopic (exact) mass is 339 g/mol. The van der Waals surface area contributed by atoms with E-state index in [1.54, 1.807) is 10.7 Å². The minimum atomic E-state index is -3.94. The molecule has 0 unspecified atom stereocenters. The maximum atomic E-state index is 14.0. The predicted octanol–water partition coefficient (Wildman–Crippen LogP) is 1.41. The van der Waals surface area contributed by atoms with E-state index >= 15 is 0 Å². The lowest BCUT2D eigenvalue weighted by Gasteiger charge is -2.28. The van der Waals surface area contributed by atoms with E-state index in [0.717, 1.165) is 19.2 Å². The van der Waals surface area contributed by atoms with E-state index in [0.29, 0.717) is 18.8 Å². The van der Waals surface area contributed by atoms with Crippen molar-refractivity contribution < 1.29 is 22.3 Å². The first kappa shape index (κ1) is 15.5. The number of carbonyl (C=O) groups excluding carboxylic acids is 1. The second-order valence-corrected chi connectivity index (χ2v) is 6.84. The van der Waals surface area contributed by atoms with Crippen LogP contribution in [0.5, 0.6) is 0 Å². The first-order valence-electron chi connectivity index (χ1n) is 6.87. The van der Waals surface area contributed by atoms with E-state index in [2.05, 4.69) is 9.84 Å². The number of halogens is 1. The van der Waals surface area contributed by atoms with Crippen molar-refractivity contribution in [2.24, 2.45) is 0 Å². The van der Waals surface area contributed by atoms with Crippen LogP contribution in [-0.4, -0.2) is 37.8 Å². The minimum absolute atomic E-state index is 0.225. The lowest BCUT2D eigenvalue weighted by atomic mass is 10.2. The molecule has 2 heterocycles. The molecule has 0 saturated heterocycles. The number of esters is 1. The molecule has 0 bridgehead atoms. The number of aryl methyl sites for hydroxylation is 1. The number of carbonyl (C=O) groups is 1. The minimum Gasteiger partial charge on any atom is -0.465 e. The maximum Gasteiger partial charge on any atom is 0.340 e. The van der Waals surface area contributed by atoms with Gasteiger partial charge in [-0.3, -0.25) is 0 Å². The van der Waals surface area contributed by atoms with Crippen LogP contribution in [0.15, 0.2) is 35.4 Å². The van der Waals surface area contributed by atoms with Gasteiger partial charge in [-0.05, 0) is 24.6 Å². The summed E-state index contributed by atoms with van der Waals surface area (Å²) in [5.74, 6) is -1.36. The van der Waals surface area contributed by atoms with Gasteiger partial charge in [-0.25, -0.2) is 26.6 Å². The predicted molar refractivity (Wildman–Crippen MR) is 79.1 cm³/mol. The highest BCUT2D eigenvalue weighted by atomic mass is 32.2. The Labute approximate surface area is 132 Å². The van der Waals surface area contributed by atoms with E-state index in [9.17, 15) is 17.6 Å². The first-order chi connectivity index (χ1) is 10.9. The fourth-order valence-corrected chi connectivity index (χ4v) is 4.01. The van der Waals surface area contributed by atoms with Crippen molar-refractivity contribution in [2.75, 3.05) is 18.0 Å². The molecular weight excluding hydrogens is 325 g/mol. The van der Waals surface area contributed by atoms with Gasteiger partial charge in [0, 0.05) is 19.2 Å². The van der Waals surface area contributed by atoms with Crippen LogP contribution in [0, 0.1) is 5.82 Å². The van der Waals surface area contributed by atoms with Crippen molar-refractivity contribution in [2.45, 2.75) is 17.9 Å². The molecular formula is C14H14FN3O4S. The van der Waals surface area contributed by atoms with Gasteiger partial charge in [0.25, 0.3) is 10.0 Å². The summed E-state index contributed by atoms with van der Waals surface area (Å²) in [5.41, 5.74) is -0.310. The van der Waals surface area contributed by atoms with Crippen LogP contribution in [0.3, 0.4) is 0 Å². The van der Waals surface area contributed by atoms with Crippen LogP contribution in [0.2, 0.25) is 0 Å². The number of ether oxygens (including phenoxy) is 1. The number of anilines is 1. The van der Waals surface area contributed by atoms with E-state index < -0.39 is 21.8 Å². The largest absolute Gasteiger partial charge is 0.465 e. The van der Waals surface area contributed by atoms with E-state index in [4.69, 9.17) is 0 Å². The zero-order valence-corrected chi connectivity index (χ0v) is 13.1. The summed E-state index contributed by atoms with van der Waals surface area (Å²) in [6.45, 7) is 0.915. The van der Waals surface area contributed by atoms with Gasteiger partial charge in [0.1, 0.15) is 11.6 Å². The van der Waals surface area contributed by atoms with Gasteiger partial charge in [0.2, 0.25) is 0 Å². The van der Waals surface area contributed by atoms with Gasteiger partial charge in [0.15, 0.2) is 0 Å². The maximum absolute atomic E-state index is 14.0. The van der Waals surface area contributed by atoms with Crippen molar-refractivity contribution in [3.05, 3.63) is 41.8 Å². The smallest absolute Gasteiger partial charge is 0.340 e. The molecule has 1 aliphatic heterocycles. The number of fused-ring (bicyclic) bond motifs is 1. The van der Waals surface area contributed by atoms with Gasteiger partial charge in [-0.15, -0.1) is 0 Å². The number of nitrogens with zero attached hydrogens (tertiary/aromatic N) is 3. The van der Waals surface area contributed by atoms with Gasteiger partial charge < -0.3 is 4.74 Å². The molecule has 0 fully saturated rings. The van der Waals surface area contributed by atoms with E-state index in [1.165, 1.54) is 16.6 Å². The number of methoxy groups -OCH3 is 1. The Kier molecular flexibility index (Phi) is 3.80. The molecule has 0 N–H and O–H groups in total. The number of rotatable bonds is 3. The summed E-state index contributed by atoms with van der Waals surface area (Å²) in [5, 5.41) is 4.06. The molecule has 7 nitrogen and oxygen atoms in total. The molecule has 1 aliphatic rings. The Hall–Kier alpha value is -2.42. The van der Waals surface area contributed by atoms with Gasteiger partial charge in [-0.2, -0.15) is 5.10 Å². The highest BCUT2D eigenvalue weighted by molar-refractivity contribution is 7.92. The fourth-order valence-electron chi connectivity index (χ4n) is 2.49. The van der Waals surface area contributed by atoms with Crippen molar-refractivity contribution in [1.82, 2.24) is 9.78 Å². The summed E-state index contributed by atoms with van der Waals surface area (Å²) in [7, 11) is -2.81. The van der Waals surface area contributed by atoms with Gasteiger partial charge >= 0.3 is 5.97 Å². The number of hydrogen-bond acceptors (Lipinski definition) is 5. The average Bonchev–Trinajstić information content (AvgIpc) is 3.02. The topological polar surface area (TPSA) is 81.5 Å². The Morgan fingerprint density at radius 1 is 1.30 bits per heavy atom. The van der Waals surface area contributed by atoms with Crippen molar-refractivity contribution in [3.8, 4) is 0 Å². The third-order valence-corrected chi connectivity index (χ3v) is 5.41. The number of benzene rings is 1. The Balaban J connectivity index is 2.02. The highest BCUT2D eigenvalue weighted by Crippen LogP contribution is 2.27. The second-order valence-electron chi connectivity index (χ2n) is 4.98. The standard InChI is InChI=1S/C14H14FN3O4S/c1-22-14(19)11-4-3-10(9-12(11)15)23(20,21)18-8-2-7-17-13(18)5-6-16-17/h3-6,9H,2,7-8H2,1H3. The third kappa shape index (κ3) is 2.56. The molecule has 122 valence electrons. The summed E-state index contributed by atoms with van der Waals surface area (Å²) in [6, 6.07) is 4.72. The molecule has 0 spiro atoms. The molecule has 1 aromatic carbocycles. The first-order valence-corrected chi connectivity index (χ1v) is 8.31. The molecule has 3 rings (SSSR count).